The third kappa shape index (κ3) is 1.94. The lowest BCUT2D eigenvalue weighted by molar-refractivity contribution is 0.492. The zero-order valence-corrected chi connectivity index (χ0v) is 10.1. The van der Waals surface area contributed by atoms with Gasteiger partial charge in [0.25, 0.3) is 0 Å². The van der Waals surface area contributed by atoms with Gasteiger partial charge >= 0.3 is 0 Å². The van der Waals surface area contributed by atoms with Crippen LogP contribution < -0.4 is 0 Å². The molecule has 3 rings (SSSR count). The largest absolute Gasteiger partial charge is 0.122 e. The van der Waals surface area contributed by atoms with Gasteiger partial charge in [0.15, 0.2) is 0 Å². The van der Waals surface area contributed by atoms with Crippen molar-refractivity contribution in [1.29, 1.82) is 0 Å². The second-order valence-electron chi connectivity index (χ2n) is 5.14. The van der Waals surface area contributed by atoms with E-state index in [4.69, 9.17) is 0 Å². The van der Waals surface area contributed by atoms with Crippen LogP contribution in [-0.2, 0) is 0 Å². The van der Waals surface area contributed by atoms with E-state index in [1.54, 1.807) is 0 Å². The summed E-state index contributed by atoms with van der Waals surface area (Å²) < 4.78 is 0. The molecule has 1 aromatic rings. The summed E-state index contributed by atoms with van der Waals surface area (Å²) in [5, 5.41) is 0.923. The van der Waals surface area contributed by atoms with Crippen LogP contribution >= 0.6 is 11.8 Å². The molecule has 3 atom stereocenters. The second kappa shape index (κ2) is 3.86. The molecule has 15 heavy (non-hydrogen) atoms. The van der Waals surface area contributed by atoms with Crippen LogP contribution in [0.1, 0.15) is 31.2 Å². The van der Waals surface area contributed by atoms with Crippen molar-refractivity contribution in [1.82, 2.24) is 0 Å². The van der Waals surface area contributed by atoms with Crippen molar-refractivity contribution in [2.75, 3.05) is 0 Å². The lowest BCUT2D eigenvalue weighted by Crippen LogP contribution is -2.11. The standard InChI is InChI=1S/C14H18S/c1-10-2-6-13(7-3-10)15-14-9-11-4-5-12(14)8-11/h2-3,6-7,11-12,14H,4-5,8-9H2,1H3/t11-,12-,14+/m1/s1. The summed E-state index contributed by atoms with van der Waals surface area (Å²) in [7, 11) is 0. The minimum Gasteiger partial charge on any atom is -0.122 e. The summed E-state index contributed by atoms with van der Waals surface area (Å²) in [5.74, 6) is 2.10. The number of thioether (sulfide) groups is 1. The summed E-state index contributed by atoms with van der Waals surface area (Å²) in [4.78, 5) is 1.47. The highest BCUT2D eigenvalue weighted by atomic mass is 32.2. The van der Waals surface area contributed by atoms with Gasteiger partial charge < -0.3 is 0 Å². The number of aryl methyl sites for hydroxylation is 1. The smallest absolute Gasteiger partial charge is 0.0125 e. The fraction of sp³-hybridized carbons (Fsp3) is 0.571. The van der Waals surface area contributed by atoms with E-state index in [0.29, 0.717) is 0 Å². The summed E-state index contributed by atoms with van der Waals surface area (Å²) in [6, 6.07) is 9.03. The molecule has 2 aliphatic rings. The number of fused-ring (bicyclic) bond motifs is 2. The summed E-state index contributed by atoms with van der Waals surface area (Å²) in [6.45, 7) is 2.16. The molecule has 2 saturated carbocycles. The van der Waals surface area contributed by atoms with Crippen LogP contribution in [0.5, 0.6) is 0 Å². The van der Waals surface area contributed by atoms with Gasteiger partial charge in [0.05, 0.1) is 0 Å². The second-order valence-corrected chi connectivity index (χ2v) is 6.46. The van der Waals surface area contributed by atoms with Crippen molar-refractivity contribution >= 4 is 11.8 Å². The third-order valence-electron chi connectivity index (χ3n) is 3.98. The van der Waals surface area contributed by atoms with Gasteiger partial charge in [0.1, 0.15) is 0 Å². The van der Waals surface area contributed by atoms with Crippen LogP contribution in [0.4, 0.5) is 0 Å². The Hall–Kier alpha value is -0.430. The van der Waals surface area contributed by atoms with Crippen LogP contribution in [0.25, 0.3) is 0 Å². The normalized spacial score (nSPS) is 33.5. The van der Waals surface area contributed by atoms with E-state index in [2.05, 4.69) is 43.0 Å². The lowest BCUT2D eigenvalue weighted by atomic mass is 10.0. The molecule has 0 aliphatic heterocycles. The Kier molecular flexibility index (Phi) is 2.51. The van der Waals surface area contributed by atoms with Crippen LogP contribution in [0.15, 0.2) is 29.2 Å². The summed E-state index contributed by atoms with van der Waals surface area (Å²) in [5.41, 5.74) is 1.37. The highest BCUT2D eigenvalue weighted by Gasteiger charge is 2.39. The first kappa shape index (κ1) is 9.77. The van der Waals surface area contributed by atoms with Gasteiger partial charge in [-0.3, -0.25) is 0 Å². The van der Waals surface area contributed by atoms with E-state index in [-0.39, 0.29) is 0 Å². The van der Waals surface area contributed by atoms with Crippen molar-refractivity contribution < 1.29 is 0 Å². The molecule has 2 aliphatic carbocycles. The topological polar surface area (TPSA) is 0 Å². The van der Waals surface area contributed by atoms with Crippen molar-refractivity contribution in [2.45, 2.75) is 42.8 Å². The van der Waals surface area contributed by atoms with Gasteiger partial charge in [-0.1, -0.05) is 24.1 Å². The van der Waals surface area contributed by atoms with E-state index in [9.17, 15) is 0 Å². The number of benzene rings is 1. The maximum absolute atomic E-state index is 2.28. The average molecular weight is 218 g/mol. The first-order chi connectivity index (χ1) is 7.31. The van der Waals surface area contributed by atoms with Crippen molar-refractivity contribution in [3.8, 4) is 0 Å². The minimum atomic E-state index is 0.923. The highest BCUT2D eigenvalue weighted by Crippen LogP contribution is 2.50. The Morgan fingerprint density at radius 3 is 2.47 bits per heavy atom. The van der Waals surface area contributed by atoms with E-state index >= 15 is 0 Å². The van der Waals surface area contributed by atoms with Gasteiger partial charge in [0, 0.05) is 10.1 Å². The monoisotopic (exact) mass is 218 g/mol. The molecular weight excluding hydrogens is 200 g/mol. The van der Waals surface area contributed by atoms with Crippen LogP contribution in [0.3, 0.4) is 0 Å². The molecular formula is C14H18S. The number of hydrogen-bond donors (Lipinski definition) is 0. The zero-order valence-electron chi connectivity index (χ0n) is 9.28. The van der Waals surface area contributed by atoms with Crippen LogP contribution in [0.2, 0.25) is 0 Å². The molecule has 0 amide bonds. The molecule has 0 heterocycles. The van der Waals surface area contributed by atoms with Gasteiger partial charge in [-0.25, -0.2) is 0 Å². The first-order valence-electron chi connectivity index (χ1n) is 6.04. The van der Waals surface area contributed by atoms with Gasteiger partial charge in [0.2, 0.25) is 0 Å². The molecule has 2 bridgehead atoms. The van der Waals surface area contributed by atoms with Gasteiger partial charge in [-0.2, -0.15) is 0 Å². The van der Waals surface area contributed by atoms with E-state index in [0.717, 1.165) is 17.1 Å². The SMILES string of the molecule is Cc1ccc(S[C@H]2C[C@@H]3CC[C@@H]2C3)cc1. The quantitative estimate of drug-likeness (QED) is 0.714. The molecule has 0 unspecified atom stereocenters. The van der Waals surface area contributed by atoms with Gasteiger partial charge in [-0.05, 0) is 50.2 Å². The maximum atomic E-state index is 2.28. The molecule has 1 aromatic carbocycles. The van der Waals surface area contributed by atoms with Crippen molar-refractivity contribution in [3.05, 3.63) is 29.8 Å². The molecule has 1 heteroatoms. The molecule has 0 radical (unpaired) electrons. The average Bonchev–Trinajstić information content (AvgIpc) is 2.83. The Bertz CT molecular complexity index is 341. The number of hydrogen-bond acceptors (Lipinski definition) is 1. The predicted molar refractivity (Wildman–Crippen MR) is 66.3 cm³/mol. The molecule has 0 aromatic heterocycles. The Labute approximate surface area is 96.5 Å². The minimum absolute atomic E-state index is 0.923. The molecule has 0 spiro atoms. The lowest BCUT2D eigenvalue weighted by Gasteiger charge is -2.20. The Balaban J connectivity index is 1.68. The highest BCUT2D eigenvalue weighted by molar-refractivity contribution is 8.00. The first-order valence-corrected chi connectivity index (χ1v) is 6.92. The fourth-order valence-corrected chi connectivity index (χ4v) is 4.57. The molecule has 0 nitrogen and oxygen atoms in total. The van der Waals surface area contributed by atoms with Crippen molar-refractivity contribution in [2.24, 2.45) is 11.8 Å². The summed E-state index contributed by atoms with van der Waals surface area (Å²) >= 11 is 2.12. The van der Waals surface area contributed by atoms with Crippen LogP contribution in [-0.4, -0.2) is 5.25 Å². The van der Waals surface area contributed by atoms with Gasteiger partial charge in [-0.15, -0.1) is 11.8 Å². The third-order valence-corrected chi connectivity index (χ3v) is 5.41. The van der Waals surface area contributed by atoms with E-state index in [1.165, 1.54) is 36.1 Å². The summed E-state index contributed by atoms with van der Waals surface area (Å²) in [6.07, 6.45) is 6.00. The van der Waals surface area contributed by atoms with Crippen LogP contribution in [0, 0.1) is 18.8 Å². The Morgan fingerprint density at radius 2 is 1.87 bits per heavy atom. The molecule has 80 valence electrons. The zero-order chi connectivity index (χ0) is 10.3. The van der Waals surface area contributed by atoms with E-state index in [1.807, 2.05) is 0 Å². The molecule has 2 fully saturated rings. The maximum Gasteiger partial charge on any atom is 0.0125 e. The van der Waals surface area contributed by atoms with Crippen molar-refractivity contribution in [3.63, 3.8) is 0 Å². The molecule has 0 N–H and O–H groups in total. The number of rotatable bonds is 2. The predicted octanol–water partition coefficient (Wildman–Crippen LogP) is 4.28. The van der Waals surface area contributed by atoms with E-state index < -0.39 is 0 Å². The fourth-order valence-electron chi connectivity index (χ4n) is 3.12. The molecule has 0 saturated heterocycles. The Morgan fingerprint density at radius 1 is 1.07 bits per heavy atom.